The predicted molar refractivity (Wildman–Crippen MR) is 601 cm³/mol. The van der Waals surface area contributed by atoms with Crippen molar-refractivity contribution in [2.75, 3.05) is 14.7 Å². The van der Waals surface area contributed by atoms with E-state index in [9.17, 15) is 0 Å². The van der Waals surface area contributed by atoms with Gasteiger partial charge in [0, 0.05) is 103 Å². The lowest BCUT2D eigenvalue weighted by atomic mass is 10.0. The van der Waals surface area contributed by atoms with Crippen molar-refractivity contribution in [2.24, 2.45) is 0 Å². The van der Waals surface area contributed by atoms with Crippen LogP contribution in [0.3, 0.4) is 0 Å². The van der Waals surface area contributed by atoms with Gasteiger partial charge >= 0.3 is 0 Å². The van der Waals surface area contributed by atoms with E-state index in [1.165, 1.54) is 138 Å². The quantitative estimate of drug-likeness (QED) is 0.0900. The molecule has 0 bridgehead atoms. The highest BCUT2D eigenvalue weighted by Crippen LogP contribution is 2.47. The van der Waals surface area contributed by atoms with Gasteiger partial charge in [-0.25, -0.2) is 0 Å². The molecule has 0 spiro atoms. The highest BCUT2D eigenvalue weighted by Gasteiger charge is 2.52. The molecule has 662 valence electrons. The molecule has 21 aromatic carbocycles. The first kappa shape index (κ1) is 86.4. The molecule has 0 unspecified atom stereocenters. The molecular formula is C128H90Cl3N3OSSi3. The van der Waals surface area contributed by atoms with Gasteiger partial charge in [0.1, 0.15) is 11.2 Å². The molecule has 23 aromatic rings. The molecule has 4 nitrogen and oxygen atoms in total. The SMILES string of the molecule is Cc1ccc([Si]2(c3ccc(C)cc3)c3ccc(N(c4ccc(-c5ccccc5)cc4)c4ccc5sc6ccccc6c5c4)cc3-c3ccc(Cl)cc32)cc1.Clc1ccc2c(c1)[Si](c1ccccc1)(c1ccccc1)c1ccc(N(c3ccccc3)c3ccc4c(c3)oc3ccccc34)cc1-2.Clc1ccc2c(c1)[Si](c1ccccc1)(c1ccccc1)c1ccc(N(c3ccccc3)c3ccccc3)cc1-2. The number of benzene rings is 21. The van der Waals surface area contributed by atoms with Crippen LogP contribution in [0, 0.1) is 13.8 Å². The van der Waals surface area contributed by atoms with Crippen LogP contribution in [0.25, 0.3) is 86.6 Å². The second kappa shape index (κ2) is 36.2. The van der Waals surface area contributed by atoms with E-state index in [2.05, 4.69) is 514 Å². The summed E-state index contributed by atoms with van der Waals surface area (Å²) in [6.07, 6.45) is 0. The molecule has 0 aliphatic carbocycles. The second-order valence-electron chi connectivity index (χ2n) is 36.2. The van der Waals surface area contributed by atoms with Crippen molar-refractivity contribution in [1.29, 1.82) is 0 Å². The number of hydrogen-bond donors (Lipinski definition) is 0. The topological polar surface area (TPSA) is 22.9 Å². The average molecular weight is 1910 g/mol. The Morgan fingerprint density at radius 2 is 0.489 bits per heavy atom. The van der Waals surface area contributed by atoms with E-state index in [0.717, 1.165) is 88.2 Å². The first-order valence-corrected chi connectivity index (χ1v) is 55.2. The summed E-state index contributed by atoms with van der Waals surface area (Å²) >= 11 is 22.3. The van der Waals surface area contributed by atoms with Gasteiger partial charge in [-0.05, 0) is 284 Å². The summed E-state index contributed by atoms with van der Waals surface area (Å²) in [6, 6.07) is 185. The molecule has 0 atom stereocenters. The van der Waals surface area contributed by atoms with Crippen LogP contribution < -0.4 is 76.9 Å². The Balaban J connectivity index is 0.000000115. The van der Waals surface area contributed by atoms with Crippen LogP contribution in [0.2, 0.25) is 15.1 Å². The number of anilines is 9. The van der Waals surface area contributed by atoms with Gasteiger partial charge in [0.15, 0.2) is 24.2 Å². The lowest BCUT2D eigenvalue weighted by Gasteiger charge is -2.32. The number of nitrogens with zero attached hydrogens (tertiary/aromatic N) is 3. The van der Waals surface area contributed by atoms with Crippen molar-refractivity contribution in [2.45, 2.75) is 13.8 Å². The average Bonchev–Trinajstić information content (AvgIpc) is 1.55. The number of rotatable bonds is 16. The summed E-state index contributed by atoms with van der Waals surface area (Å²) in [4.78, 5) is 7.09. The van der Waals surface area contributed by atoms with E-state index < -0.39 is 24.2 Å². The maximum absolute atomic E-state index is 6.91. The summed E-state index contributed by atoms with van der Waals surface area (Å²) in [7, 11) is -7.95. The Morgan fingerprint density at radius 1 is 0.194 bits per heavy atom. The molecule has 0 N–H and O–H groups in total. The highest BCUT2D eigenvalue weighted by atomic mass is 35.5. The normalized spacial score (nSPS) is 13.0. The Kier molecular flexibility index (Phi) is 22.5. The van der Waals surface area contributed by atoms with E-state index in [1.54, 1.807) is 0 Å². The van der Waals surface area contributed by atoms with Crippen molar-refractivity contribution in [3.63, 3.8) is 0 Å². The van der Waals surface area contributed by atoms with Crippen LogP contribution in [0.5, 0.6) is 0 Å². The summed E-state index contributed by atoms with van der Waals surface area (Å²) in [6.45, 7) is 4.33. The van der Waals surface area contributed by atoms with Gasteiger partial charge in [-0.2, -0.15) is 0 Å². The molecule has 5 heterocycles. The minimum atomic E-state index is -2.72. The fourth-order valence-electron chi connectivity index (χ4n) is 22.2. The number of para-hydroxylation sites is 4. The zero-order valence-corrected chi connectivity index (χ0v) is 82.4. The van der Waals surface area contributed by atoms with E-state index in [4.69, 9.17) is 39.2 Å². The Labute approximate surface area is 832 Å². The molecule has 0 amide bonds. The van der Waals surface area contributed by atoms with Crippen molar-refractivity contribution in [3.8, 4) is 44.5 Å². The minimum Gasteiger partial charge on any atom is -0.456 e. The molecule has 2 aromatic heterocycles. The monoisotopic (exact) mass is 1910 g/mol. The maximum Gasteiger partial charge on any atom is 0.180 e. The van der Waals surface area contributed by atoms with E-state index in [-0.39, 0.29) is 0 Å². The predicted octanol–water partition coefficient (Wildman–Crippen LogP) is 28.1. The zero-order chi connectivity index (χ0) is 93.3. The van der Waals surface area contributed by atoms with Gasteiger partial charge in [-0.15, -0.1) is 11.3 Å². The lowest BCUT2D eigenvalue weighted by Crippen LogP contribution is -2.72. The summed E-state index contributed by atoms with van der Waals surface area (Å²) in [5.41, 5.74) is 24.3. The Morgan fingerprint density at radius 3 is 0.906 bits per heavy atom. The standard InChI is InChI=1S/C50H36ClNSSi.C42H28ClNOSi.C36H26ClNSi/c1-33-12-23-41(24-13-33)54(42-25-14-34(2)15-26-42)49-29-22-40(32-46(49)44-27-18-37(51)30-50(44)54)52(38-19-16-36(17-20-38)35-8-4-3-5-9-35)39-21-28-48-45(31-39)43-10-6-7-11-47(43)53-48;43-29-20-23-37-38-27-31(22-25-41(38)46(42(37)26-29,33-14-6-2-7-15-33)34-16-8-3-9-17-34)44(30-12-4-1-5-13-30)32-21-24-36-35-18-10-11-19-39(35)45-40(36)28-32;37-27-21-23-33-34-26-30(38(28-13-5-1-6-14-28)29-15-7-2-8-16-29)22-24-35(34)39(36(33)25-27,31-17-9-3-10-18-31)32-19-11-4-12-20-32/h3-32H,1-2H3;1-28H;1-26H. The number of hydrogen-bond acceptors (Lipinski definition) is 5. The van der Waals surface area contributed by atoms with Crippen molar-refractivity contribution in [1.82, 2.24) is 0 Å². The number of furan rings is 1. The van der Waals surface area contributed by atoms with Crippen LogP contribution in [-0.2, 0) is 0 Å². The molecule has 3 aliphatic rings. The highest BCUT2D eigenvalue weighted by molar-refractivity contribution is 7.26. The van der Waals surface area contributed by atoms with Crippen molar-refractivity contribution in [3.05, 3.63) is 536 Å². The number of aryl methyl sites for hydroxylation is 2. The molecule has 0 saturated carbocycles. The molecule has 0 fully saturated rings. The van der Waals surface area contributed by atoms with Gasteiger partial charge in [-0.1, -0.05) is 386 Å². The first-order valence-electron chi connectivity index (χ1n) is 47.2. The molecule has 0 radical (unpaired) electrons. The van der Waals surface area contributed by atoms with E-state index >= 15 is 0 Å². The van der Waals surface area contributed by atoms with Crippen LogP contribution in [-0.4, -0.2) is 24.2 Å². The van der Waals surface area contributed by atoms with Crippen LogP contribution in [0.15, 0.2) is 514 Å². The maximum atomic E-state index is 6.91. The molecule has 26 rings (SSSR count). The minimum absolute atomic E-state index is 0.764. The first-order chi connectivity index (χ1) is 68.4. The van der Waals surface area contributed by atoms with Gasteiger partial charge in [0.25, 0.3) is 0 Å². The van der Waals surface area contributed by atoms with E-state index in [1.807, 2.05) is 35.6 Å². The third kappa shape index (κ3) is 15.0. The molecule has 3 aliphatic heterocycles. The number of thiophene rings is 1. The fourth-order valence-corrected chi connectivity index (χ4v) is 39.6. The molecular weight excluding hydrogens is 1820 g/mol. The van der Waals surface area contributed by atoms with Crippen LogP contribution >= 0.6 is 46.1 Å². The molecule has 11 heteroatoms. The van der Waals surface area contributed by atoms with Crippen molar-refractivity contribution >= 4 is 226 Å². The van der Waals surface area contributed by atoms with Gasteiger partial charge in [-0.3, -0.25) is 0 Å². The number of halogens is 3. The van der Waals surface area contributed by atoms with Gasteiger partial charge < -0.3 is 19.1 Å². The van der Waals surface area contributed by atoms with Crippen LogP contribution in [0.4, 0.5) is 51.2 Å². The largest absolute Gasteiger partial charge is 0.456 e. The Bertz CT molecular complexity index is 8390. The number of fused-ring (bicyclic) bond motifs is 15. The summed E-state index contributed by atoms with van der Waals surface area (Å²) in [5.74, 6) is 0. The van der Waals surface area contributed by atoms with Crippen molar-refractivity contribution < 1.29 is 4.42 Å². The second-order valence-corrected chi connectivity index (χ2v) is 49.8. The van der Waals surface area contributed by atoms with E-state index in [0.29, 0.717) is 0 Å². The molecule has 139 heavy (non-hydrogen) atoms. The lowest BCUT2D eigenvalue weighted by molar-refractivity contribution is 0.669. The Hall–Kier alpha value is -15.4. The van der Waals surface area contributed by atoms with Gasteiger partial charge in [0.05, 0.1) is 0 Å². The van der Waals surface area contributed by atoms with Crippen LogP contribution in [0.1, 0.15) is 11.1 Å². The zero-order valence-electron chi connectivity index (χ0n) is 76.3. The molecule has 0 saturated heterocycles. The fraction of sp³-hybridized carbons (Fsp3) is 0.0156. The summed E-state index contributed by atoms with van der Waals surface area (Å²) < 4.78 is 8.95. The third-order valence-corrected chi connectivity index (χ3v) is 44.8. The smallest absolute Gasteiger partial charge is 0.180 e. The van der Waals surface area contributed by atoms with Gasteiger partial charge in [0.2, 0.25) is 0 Å². The third-order valence-electron chi connectivity index (χ3n) is 28.3. The summed E-state index contributed by atoms with van der Waals surface area (Å²) in [5, 5.41) is 23.5.